The van der Waals surface area contributed by atoms with Crippen LogP contribution in [-0.2, 0) is 19.6 Å². The molecule has 32 heavy (non-hydrogen) atoms. The third-order valence-electron chi connectivity index (χ3n) is 4.83. The Balaban J connectivity index is 1.59. The number of ether oxygens (including phenoxy) is 1. The highest BCUT2D eigenvalue weighted by Crippen LogP contribution is 2.23. The average Bonchev–Trinajstić information content (AvgIpc) is 3.32. The van der Waals surface area contributed by atoms with Crippen LogP contribution in [0.5, 0.6) is 0 Å². The Morgan fingerprint density at radius 1 is 1.06 bits per heavy atom. The van der Waals surface area contributed by atoms with E-state index in [0.717, 1.165) is 14.7 Å². The molecule has 1 amide bonds. The molecule has 7 nitrogen and oxygen atoms in total. The molecule has 0 saturated carbocycles. The lowest BCUT2D eigenvalue weighted by molar-refractivity contribution is -0.124. The molecule has 3 aromatic rings. The molecule has 1 unspecified atom stereocenters. The van der Waals surface area contributed by atoms with Gasteiger partial charge >= 0.3 is 5.97 Å². The molecule has 0 fully saturated rings. The molecular weight excluding hydrogens is 448 g/mol. The lowest BCUT2D eigenvalue weighted by Gasteiger charge is -2.20. The number of hydrogen-bond donors (Lipinski definition) is 1. The molecule has 9 heteroatoms. The first kappa shape index (κ1) is 23.5. The van der Waals surface area contributed by atoms with Gasteiger partial charge in [0.15, 0.2) is 6.61 Å². The van der Waals surface area contributed by atoms with Crippen LogP contribution in [0, 0.1) is 6.92 Å². The van der Waals surface area contributed by atoms with Gasteiger partial charge in [-0.1, -0.05) is 23.8 Å². The van der Waals surface area contributed by atoms with Gasteiger partial charge in [-0.3, -0.25) is 9.10 Å². The first-order valence-corrected chi connectivity index (χ1v) is 12.2. The van der Waals surface area contributed by atoms with Gasteiger partial charge in [-0.15, -0.1) is 11.3 Å². The maximum atomic E-state index is 12.8. The van der Waals surface area contributed by atoms with Gasteiger partial charge in [0, 0.05) is 11.9 Å². The number of anilines is 1. The molecule has 1 heterocycles. The number of sulfonamides is 1. The van der Waals surface area contributed by atoms with Gasteiger partial charge in [0.2, 0.25) is 0 Å². The Morgan fingerprint density at radius 3 is 2.31 bits per heavy atom. The zero-order valence-corrected chi connectivity index (χ0v) is 19.6. The van der Waals surface area contributed by atoms with Gasteiger partial charge in [0.05, 0.1) is 22.2 Å². The molecule has 0 radical (unpaired) electrons. The van der Waals surface area contributed by atoms with Crippen molar-refractivity contribution in [1.82, 2.24) is 5.32 Å². The van der Waals surface area contributed by atoms with Crippen LogP contribution in [0.2, 0.25) is 0 Å². The number of carbonyl (C=O) groups is 2. The first-order valence-electron chi connectivity index (χ1n) is 9.84. The summed E-state index contributed by atoms with van der Waals surface area (Å²) in [5, 5.41) is 4.69. The van der Waals surface area contributed by atoms with Gasteiger partial charge in [-0.25, -0.2) is 13.2 Å². The molecule has 0 aliphatic rings. The van der Waals surface area contributed by atoms with Gasteiger partial charge < -0.3 is 10.1 Å². The lowest BCUT2D eigenvalue weighted by atomic mass is 10.2. The van der Waals surface area contributed by atoms with Gasteiger partial charge in [0.25, 0.3) is 15.9 Å². The Bertz CT molecular complexity index is 1170. The molecule has 1 atom stereocenters. The fourth-order valence-electron chi connectivity index (χ4n) is 2.92. The number of nitrogens with zero attached hydrogens (tertiary/aromatic N) is 1. The second kappa shape index (κ2) is 9.97. The standard InChI is InChI=1S/C23H24N2O5S2/c1-16-6-12-20(13-7-16)32(28,29)25(3)19-10-8-18(9-11-19)23(27)30-15-22(26)24-17(2)21-5-4-14-31-21/h4-14,17H,15H2,1-3H3,(H,24,26). The molecule has 3 rings (SSSR count). The normalized spacial score (nSPS) is 12.1. The highest BCUT2D eigenvalue weighted by molar-refractivity contribution is 7.92. The Labute approximate surface area is 191 Å². The highest BCUT2D eigenvalue weighted by Gasteiger charge is 2.21. The predicted molar refractivity (Wildman–Crippen MR) is 124 cm³/mol. The van der Waals surface area contributed by atoms with E-state index in [1.165, 1.54) is 42.6 Å². The van der Waals surface area contributed by atoms with Crippen LogP contribution in [0.3, 0.4) is 0 Å². The van der Waals surface area contributed by atoms with Gasteiger partial charge in [-0.2, -0.15) is 0 Å². The Kier molecular flexibility index (Phi) is 7.32. The van der Waals surface area contributed by atoms with Gasteiger partial charge in [-0.05, 0) is 61.7 Å². The van der Waals surface area contributed by atoms with Crippen LogP contribution < -0.4 is 9.62 Å². The van der Waals surface area contributed by atoms with Crippen LogP contribution in [0.15, 0.2) is 70.9 Å². The van der Waals surface area contributed by atoms with Crippen LogP contribution in [-0.4, -0.2) is 33.9 Å². The summed E-state index contributed by atoms with van der Waals surface area (Å²) in [7, 11) is -2.28. The van der Waals surface area contributed by atoms with Crippen LogP contribution in [0.25, 0.3) is 0 Å². The smallest absolute Gasteiger partial charge is 0.338 e. The van der Waals surface area contributed by atoms with E-state index < -0.39 is 28.5 Å². The zero-order valence-electron chi connectivity index (χ0n) is 17.9. The number of esters is 1. The predicted octanol–water partition coefficient (Wildman–Crippen LogP) is 3.92. The summed E-state index contributed by atoms with van der Waals surface area (Å²) < 4.78 is 31.8. The molecule has 168 valence electrons. The maximum absolute atomic E-state index is 12.8. The zero-order chi connectivity index (χ0) is 23.3. The second-order valence-corrected chi connectivity index (χ2v) is 10.2. The first-order chi connectivity index (χ1) is 15.2. The Hall–Kier alpha value is -3.17. The van der Waals surface area contributed by atoms with Gasteiger partial charge in [0.1, 0.15) is 0 Å². The third kappa shape index (κ3) is 5.54. The summed E-state index contributed by atoms with van der Waals surface area (Å²) in [6, 6.07) is 16.2. The molecular formula is C23H24N2O5S2. The fourth-order valence-corrected chi connectivity index (χ4v) is 4.85. The summed E-state index contributed by atoms with van der Waals surface area (Å²) >= 11 is 1.53. The number of amides is 1. The van der Waals surface area contributed by atoms with Crippen LogP contribution in [0.1, 0.15) is 33.8 Å². The van der Waals surface area contributed by atoms with Crippen molar-refractivity contribution in [2.75, 3.05) is 18.0 Å². The summed E-state index contributed by atoms with van der Waals surface area (Å²) in [6.45, 7) is 3.33. The van der Waals surface area contributed by atoms with E-state index in [9.17, 15) is 18.0 Å². The van der Waals surface area contributed by atoms with E-state index in [1.54, 1.807) is 24.3 Å². The summed E-state index contributed by atoms with van der Waals surface area (Å²) in [5.41, 5.74) is 1.57. The number of hydrogen-bond acceptors (Lipinski definition) is 6. The molecule has 0 aliphatic carbocycles. The largest absolute Gasteiger partial charge is 0.452 e. The quantitative estimate of drug-likeness (QED) is 0.502. The molecule has 2 aromatic carbocycles. The van der Waals surface area contributed by atoms with E-state index in [-0.39, 0.29) is 16.5 Å². The second-order valence-electron chi connectivity index (χ2n) is 7.21. The van der Waals surface area contributed by atoms with Crippen LogP contribution in [0.4, 0.5) is 5.69 Å². The van der Waals surface area contributed by atoms with E-state index in [2.05, 4.69) is 5.32 Å². The minimum Gasteiger partial charge on any atom is -0.452 e. The van der Waals surface area contributed by atoms with E-state index in [0.29, 0.717) is 5.69 Å². The van der Waals surface area contributed by atoms with E-state index in [1.807, 2.05) is 31.4 Å². The van der Waals surface area contributed by atoms with E-state index in [4.69, 9.17) is 4.74 Å². The van der Waals surface area contributed by atoms with Crippen molar-refractivity contribution in [2.24, 2.45) is 0 Å². The molecule has 0 saturated heterocycles. The molecule has 1 N–H and O–H groups in total. The van der Waals surface area contributed by atoms with Crippen molar-refractivity contribution in [2.45, 2.75) is 24.8 Å². The molecule has 0 aliphatic heterocycles. The fraction of sp³-hybridized carbons (Fsp3) is 0.217. The molecule has 0 spiro atoms. The average molecular weight is 473 g/mol. The number of rotatable bonds is 8. The Morgan fingerprint density at radius 2 is 1.72 bits per heavy atom. The number of nitrogens with one attached hydrogen (secondary N) is 1. The van der Waals surface area contributed by atoms with Crippen molar-refractivity contribution < 1.29 is 22.7 Å². The van der Waals surface area contributed by atoms with Crippen molar-refractivity contribution in [3.05, 3.63) is 82.0 Å². The minimum absolute atomic E-state index is 0.175. The van der Waals surface area contributed by atoms with Crippen LogP contribution >= 0.6 is 11.3 Å². The molecule has 0 bridgehead atoms. The SMILES string of the molecule is Cc1ccc(S(=O)(=O)N(C)c2ccc(C(=O)OCC(=O)NC(C)c3cccs3)cc2)cc1. The number of aryl methyl sites for hydroxylation is 1. The van der Waals surface area contributed by atoms with E-state index >= 15 is 0 Å². The van der Waals surface area contributed by atoms with Crippen molar-refractivity contribution in [3.8, 4) is 0 Å². The summed E-state index contributed by atoms with van der Waals surface area (Å²) in [6.07, 6.45) is 0. The number of benzene rings is 2. The third-order valence-corrected chi connectivity index (χ3v) is 7.68. The number of thiophene rings is 1. The summed E-state index contributed by atoms with van der Waals surface area (Å²) in [4.78, 5) is 25.5. The number of carbonyl (C=O) groups excluding carboxylic acids is 2. The van der Waals surface area contributed by atoms with Crippen molar-refractivity contribution >= 4 is 38.9 Å². The van der Waals surface area contributed by atoms with Crippen molar-refractivity contribution in [1.29, 1.82) is 0 Å². The molecule has 1 aromatic heterocycles. The maximum Gasteiger partial charge on any atom is 0.338 e. The minimum atomic E-state index is -3.73. The highest BCUT2D eigenvalue weighted by atomic mass is 32.2. The topological polar surface area (TPSA) is 92.8 Å². The van der Waals surface area contributed by atoms with Crippen molar-refractivity contribution in [3.63, 3.8) is 0 Å². The monoisotopic (exact) mass is 472 g/mol. The summed E-state index contributed by atoms with van der Waals surface area (Å²) in [5.74, 6) is -1.07. The lowest BCUT2D eigenvalue weighted by Crippen LogP contribution is -2.30.